The van der Waals surface area contributed by atoms with Gasteiger partial charge in [-0.2, -0.15) is 0 Å². The highest BCUT2D eigenvalue weighted by Crippen LogP contribution is 2.33. The van der Waals surface area contributed by atoms with Gasteiger partial charge in [0.1, 0.15) is 5.82 Å². The van der Waals surface area contributed by atoms with E-state index in [-0.39, 0.29) is 17.8 Å². The maximum absolute atomic E-state index is 12.8. The number of rotatable bonds is 2. The molecule has 0 saturated heterocycles. The molecule has 1 aliphatic carbocycles. The molecule has 0 bridgehead atoms. The van der Waals surface area contributed by atoms with Crippen molar-refractivity contribution in [3.63, 3.8) is 0 Å². The summed E-state index contributed by atoms with van der Waals surface area (Å²) >= 11 is 1.75. The Morgan fingerprint density at radius 3 is 2.84 bits per heavy atom. The molecule has 1 heterocycles. The Kier molecular flexibility index (Phi) is 3.34. The van der Waals surface area contributed by atoms with E-state index in [1.165, 1.54) is 34.7 Å². The van der Waals surface area contributed by atoms with E-state index in [2.05, 4.69) is 16.8 Å². The Morgan fingerprint density at radius 1 is 1.26 bits per heavy atom. The Bertz CT molecular complexity index is 590. The first-order valence-corrected chi connectivity index (χ1v) is 7.25. The summed E-state index contributed by atoms with van der Waals surface area (Å²) in [4.78, 5) is 13.5. The number of thiophene rings is 1. The van der Waals surface area contributed by atoms with Crippen molar-refractivity contribution in [1.29, 1.82) is 0 Å². The van der Waals surface area contributed by atoms with Crippen LogP contribution in [0.5, 0.6) is 0 Å². The van der Waals surface area contributed by atoms with Crippen molar-refractivity contribution in [1.82, 2.24) is 5.32 Å². The zero-order valence-electron chi connectivity index (χ0n) is 10.4. The van der Waals surface area contributed by atoms with Crippen LogP contribution >= 0.6 is 11.3 Å². The topological polar surface area (TPSA) is 29.1 Å². The van der Waals surface area contributed by atoms with Gasteiger partial charge in [0, 0.05) is 10.4 Å². The number of fused-ring (bicyclic) bond motifs is 1. The van der Waals surface area contributed by atoms with Crippen molar-refractivity contribution < 1.29 is 9.18 Å². The van der Waals surface area contributed by atoms with Crippen molar-refractivity contribution in [2.45, 2.75) is 25.3 Å². The normalized spacial score (nSPS) is 17.8. The molecule has 98 valence electrons. The maximum Gasteiger partial charge on any atom is 0.251 e. The smallest absolute Gasteiger partial charge is 0.251 e. The molecule has 1 amide bonds. The standard InChI is InChI=1S/C15H14FNOS/c16-11-6-4-10(5-7-11)15(18)17-13-2-1-3-14-12(13)8-9-19-14/h4-9,13H,1-3H2,(H,17,18). The zero-order valence-corrected chi connectivity index (χ0v) is 11.2. The van der Waals surface area contributed by atoms with Crippen LogP contribution in [-0.4, -0.2) is 5.91 Å². The molecule has 2 aromatic rings. The van der Waals surface area contributed by atoms with Crippen molar-refractivity contribution in [3.05, 3.63) is 57.5 Å². The van der Waals surface area contributed by atoms with Crippen molar-refractivity contribution in [2.24, 2.45) is 0 Å². The van der Waals surface area contributed by atoms with Crippen LogP contribution in [0.15, 0.2) is 35.7 Å². The lowest BCUT2D eigenvalue weighted by Crippen LogP contribution is -2.30. The fourth-order valence-electron chi connectivity index (χ4n) is 2.48. The summed E-state index contributed by atoms with van der Waals surface area (Å²) in [5.74, 6) is -0.460. The number of carbonyl (C=O) groups is 1. The van der Waals surface area contributed by atoms with E-state index in [0.717, 1.165) is 19.3 Å². The summed E-state index contributed by atoms with van der Waals surface area (Å²) in [6.07, 6.45) is 3.18. The van der Waals surface area contributed by atoms with E-state index >= 15 is 0 Å². The van der Waals surface area contributed by atoms with Gasteiger partial charge in [-0.05, 0) is 60.5 Å². The number of aryl methyl sites for hydroxylation is 1. The molecule has 0 aliphatic heterocycles. The number of hydrogen-bond donors (Lipinski definition) is 1. The minimum absolute atomic E-state index is 0.0903. The highest BCUT2D eigenvalue weighted by atomic mass is 32.1. The second-order valence-corrected chi connectivity index (χ2v) is 5.72. The van der Waals surface area contributed by atoms with Crippen LogP contribution in [0.2, 0.25) is 0 Å². The van der Waals surface area contributed by atoms with Gasteiger partial charge in [0.2, 0.25) is 0 Å². The van der Waals surface area contributed by atoms with Crippen molar-refractivity contribution >= 4 is 17.2 Å². The van der Waals surface area contributed by atoms with Gasteiger partial charge in [-0.3, -0.25) is 4.79 Å². The van der Waals surface area contributed by atoms with Gasteiger partial charge in [0.15, 0.2) is 0 Å². The predicted octanol–water partition coefficient (Wildman–Crippen LogP) is 3.69. The number of nitrogens with one attached hydrogen (secondary N) is 1. The molecule has 1 aliphatic rings. The monoisotopic (exact) mass is 275 g/mol. The quantitative estimate of drug-likeness (QED) is 0.889. The predicted molar refractivity (Wildman–Crippen MR) is 73.9 cm³/mol. The van der Waals surface area contributed by atoms with Crippen LogP contribution in [-0.2, 0) is 6.42 Å². The van der Waals surface area contributed by atoms with E-state index in [1.807, 2.05) is 0 Å². The van der Waals surface area contributed by atoms with Crippen LogP contribution in [0, 0.1) is 5.82 Å². The molecule has 1 unspecified atom stereocenters. The number of benzene rings is 1. The van der Waals surface area contributed by atoms with E-state index in [9.17, 15) is 9.18 Å². The highest BCUT2D eigenvalue weighted by Gasteiger charge is 2.22. The first kappa shape index (κ1) is 12.4. The third-order valence-corrected chi connectivity index (χ3v) is 4.46. The van der Waals surface area contributed by atoms with Gasteiger partial charge in [0.05, 0.1) is 6.04 Å². The molecule has 1 aromatic carbocycles. The SMILES string of the molecule is O=C(NC1CCCc2sccc21)c1ccc(F)cc1. The lowest BCUT2D eigenvalue weighted by atomic mass is 9.94. The summed E-state index contributed by atoms with van der Waals surface area (Å²) in [6.45, 7) is 0. The molecule has 1 N–H and O–H groups in total. The summed E-state index contributed by atoms with van der Waals surface area (Å²) in [6, 6.07) is 7.84. The molecule has 0 radical (unpaired) electrons. The lowest BCUT2D eigenvalue weighted by Gasteiger charge is -2.23. The Hall–Kier alpha value is -1.68. The molecule has 3 rings (SSSR count). The third kappa shape index (κ3) is 2.54. The number of hydrogen-bond acceptors (Lipinski definition) is 2. The third-order valence-electron chi connectivity index (χ3n) is 3.46. The molecule has 4 heteroatoms. The van der Waals surface area contributed by atoms with Gasteiger partial charge in [-0.1, -0.05) is 0 Å². The molecular formula is C15H14FNOS. The van der Waals surface area contributed by atoms with Gasteiger partial charge in [-0.25, -0.2) is 4.39 Å². The highest BCUT2D eigenvalue weighted by molar-refractivity contribution is 7.10. The molecule has 2 nitrogen and oxygen atoms in total. The average molecular weight is 275 g/mol. The molecule has 19 heavy (non-hydrogen) atoms. The fraction of sp³-hybridized carbons (Fsp3) is 0.267. The lowest BCUT2D eigenvalue weighted by molar-refractivity contribution is 0.0933. The van der Waals surface area contributed by atoms with E-state index in [4.69, 9.17) is 0 Å². The Morgan fingerprint density at radius 2 is 2.05 bits per heavy atom. The fourth-order valence-corrected chi connectivity index (χ4v) is 3.47. The average Bonchev–Trinajstić information content (AvgIpc) is 2.89. The van der Waals surface area contributed by atoms with Gasteiger partial charge < -0.3 is 5.32 Å². The minimum atomic E-state index is -0.325. The van der Waals surface area contributed by atoms with Crippen LogP contribution in [0.25, 0.3) is 0 Å². The second kappa shape index (κ2) is 5.13. The summed E-state index contributed by atoms with van der Waals surface area (Å²) < 4.78 is 12.8. The molecule has 1 atom stereocenters. The largest absolute Gasteiger partial charge is 0.345 e. The summed E-state index contributed by atoms with van der Waals surface area (Å²) in [7, 11) is 0. The minimum Gasteiger partial charge on any atom is -0.345 e. The van der Waals surface area contributed by atoms with Gasteiger partial charge in [-0.15, -0.1) is 11.3 Å². The number of carbonyl (C=O) groups excluding carboxylic acids is 1. The van der Waals surface area contributed by atoms with Gasteiger partial charge >= 0.3 is 0 Å². The van der Waals surface area contributed by atoms with E-state index < -0.39 is 0 Å². The maximum atomic E-state index is 12.8. The first-order chi connectivity index (χ1) is 9.24. The first-order valence-electron chi connectivity index (χ1n) is 6.37. The molecule has 0 saturated carbocycles. The van der Waals surface area contributed by atoms with E-state index in [0.29, 0.717) is 5.56 Å². The molecule has 0 fully saturated rings. The van der Waals surface area contributed by atoms with Crippen molar-refractivity contribution in [3.8, 4) is 0 Å². The molecular weight excluding hydrogens is 261 g/mol. The number of halogens is 1. The Balaban J connectivity index is 1.76. The van der Waals surface area contributed by atoms with E-state index in [1.54, 1.807) is 11.3 Å². The molecule has 1 aromatic heterocycles. The molecule has 0 spiro atoms. The zero-order chi connectivity index (χ0) is 13.2. The summed E-state index contributed by atoms with van der Waals surface area (Å²) in [5, 5.41) is 5.12. The van der Waals surface area contributed by atoms with Crippen LogP contribution in [0.3, 0.4) is 0 Å². The Labute approximate surface area is 115 Å². The summed E-state index contributed by atoms with van der Waals surface area (Å²) in [5.41, 5.74) is 1.75. The second-order valence-electron chi connectivity index (χ2n) is 4.72. The van der Waals surface area contributed by atoms with Crippen LogP contribution in [0.4, 0.5) is 4.39 Å². The van der Waals surface area contributed by atoms with Gasteiger partial charge in [0.25, 0.3) is 5.91 Å². The van der Waals surface area contributed by atoms with Crippen LogP contribution < -0.4 is 5.32 Å². The van der Waals surface area contributed by atoms with Crippen molar-refractivity contribution in [2.75, 3.05) is 0 Å². The van der Waals surface area contributed by atoms with Crippen LogP contribution in [0.1, 0.15) is 39.7 Å². The number of amides is 1.